The Morgan fingerprint density at radius 1 is 0.633 bits per heavy atom. The minimum absolute atomic E-state index is 0.0300. The molecule has 30 heavy (non-hydrogen) atoms. The molecule has 4 rings (SSSR count). The molecule has 1 fully saturated rings. The van der Waals surface area contributed by atoms with Crippen molar-refractivity contribution in [3.05, 3.63) is 108 Å². The fraction of sp³-hybridized carbons (Fsp3) is 0.231. The molecule has 1 aliphatic rings. The van der Waals surface area contributed by atoms with Crippen LogP contribution in [0.1, 0.15) is 51.8 Å². The second-order valence-corrected chi connectivity index (χ2v) is 7.48. The number of carbonyl (C=O) groups is 2. The van der Waals surface area contributed by atoms with Crippen molar-refractivity contribution in [3.63, 3.8) is 0 Å². The highest BCUT2D eigenvalue weighted by Crippen LogP contribution is 2.33. The number of rotatable bonds is 7. The highest BCUT2D eigenvalue weighted by molar-refractivity contribution is 5.97. The van der Waals surface area contributed by atoms with Crippen molar-refractivity contribution in [2.45, 2.75) is 37.8 Å². The van der Waals surface area contributed by atoms with E-state index < -0.39 is 6.29 Å². The first-order valence-electron chi connectivity index (χ1n) is 10.2. The Labute approximate surface area is 176 Å². The van der Waals surface area contributed by atoms with Gasteiger partial charge >= 0.3 is 0 Å². The molecule has 1 unspecified atom stereocenters. The maximum Gasteiger partial charge on any atom is 0.184 e. The van der Waals surface area contributed by atoms with Crippen LogP contribution >= 0.6 is 0 Å². The minimum Gasteiger partial charge on any atom is -0.345 e. The van der Waals surface area contributed by atoms with Crippen LogP contribution in [0.25, 0.3) is 0 Å². The van der Waals surface area contributed by atoms with E-state index in [2.05, 4.69) is 0 Å². The molecule has 0 saturated carbocycles. The second kappa shape index (κ2) is 9.61. The molecule has 0 amide bonds. The molecule has 0 aliphatic carbocycles. The third-order valence-corrected chi connectivity index (χ3v) is 5.25. The smallest absolute Gasteiger partial charge is 0.184 e. The van der Waals surface area contributed by atoms with Crippen LogP contribution in [0, 0.1) is 0 Å². The number of ketones is 2. The first-order chi connectivity index (χ1) is 14.7. The third kappa shape index (κ3) is 5.09. The van der Waals surface area contributed by atoms with Gasteiger partial charge in [0.2, 0.25) is 0 Å². The van der Waals surface area contributed by atoms with E-state index >= 15 is 0 Å². The molecule has 1 heterocycles. The average Bonchev–Trinajstić information content (AvgIpc) is 2.80. The van der Waals surface area contributed by atoms with Gasteiger partial charge in [-0.3, -0.25) is 9.59 Å². The van der Waals surface area contributed by atoms with Crippen molar-refractivity contribution < 1.29 is 19.1 Å². The predicted molar refractivity (Wildman–Crippen MR) is 114 cm³/mol. The molecule has 152 valence electrons. The van der Waals surface area contributed by atoms with E-state index in [1.54, 1.807) is 0 Å². The zero-order valence-corrected chi connectivity index (χ0v) is 16.6. The van der Waals surface area contributed by atoms with Crippen LogP contribution in [0.5, 0.6) is 0 Å². The number of carbonyl (C=O) groups excluding carboxylic acids is 2. The number of hydrogen-bond donors (Lipinski definition) is 0. The van der Waals surface area contributed by atoms with E-state index in [0.717, 1.165) is 5.56 Å². The summed E-state index contributed by atoms with van der Waals surface area (Å²) in [7, 11) is 0. The van der Waals surface area contributed by atoms with Crippen LogP contribution in [0.2, 0.25) is 0 Å². The van der Waals surface area contributed by atoms with Gasteiger partial charge in [0.25, 0.3) is 0 Å². The molecule has 1 saturated heterocycles. The molecule has 0 radical (unpaired) electrons. The molecule has 0 N–H and O–H groups in total. The molecule has 3 aromatic rings. The summed E-state index contributed by atoms with van der Waals surface area (Å²) in [6.45, 7) is 0. The summed E-state index contributed by atoms with van der Waals surface area (Å²) in [6.07, 6.45) is -0.211. The second-order valence-electron chi connectivity index (χ2n) is 7.48. The van der Waals surface area contributed by atoms with Gasteiger partial charge in [-0.2, -0.15) is 0 Å². The topological polar surface area (TPSA) is 52.6 Å². The monoisotopic (exact) mass is 400 g/mol. The Balaban J connectivity index is 1.50. The normalized spacial score (nSPS) is 21.1. The summed E-state index contributed by atoms with van der Waals surface area (Å²) in [5.41, 5.74) is 2.22. The zero-order valence-electron chi connectivity index (χ0n) is 16.6. The lowest BCUT2D eigenvalue weighted by Gasteiger charge is -2.35. The van der Waals surface area contributed by atoms with Gasteiger partial charge in [-0.15, -0.1) is 0 Å². The van der Waals surface area contributed by atoms with E-state index in [-0.39, 0.29) is 36.6 Å². The van der Waals surface area contributed by atoms with Crippen LogP contribution in [0.4, 0.5) is 0 Å². The predicted octanol–water partition coefficient (Wildman–Crippen LogP) is 5.41. The number of benzene rings is 3. The average molecular weight is 400 g/mol. The number of hydrogen-bond acceptors (Lipinski definition) is 4. The van der Waals surface area contributed by atoms with E-state index in [9.17, 15) is 9.59 Å². The zero-order chi connectivity index (χ0) is 20.8. The van der Waals surface area contributed by atoms with Crippen molar-refractivity contribution in [2.75, 3.05) is 0 Å². The molecule has 4 nitrogen and oxygen atoms in total. The van der Waals surface area contributed by atoms with E-state index in [4.69, 9.17) is 9.47 Å². The lowest BCUT2D eigenvalue weighted by Crippen LogP contribution is -2.36. The molecule has 4 heteroatoms. The van der Waals surface area contributed by atoms with Gasteiger partial charge in [-0.25, -0.2) is 0 Å². The maximum atomic E-state index is 12.7. The van der Waals surface area contributed by atoms with Gasteiger partial charge in [0.1, 0.15) is 0 Å². The molecule has 3 aromatic carbocycles. The summed E-state index contributed by atoms with van der Waals surface area (Å²) in [5.74, 6) is 0.0601. The summed E-state index contributed by atoms with van der Waals surface area (Å²) < 4.78 is 12.3. The van der Waals surface area contributed by atoms with E-state index in [1.165, 1.54) is 0 Å². The van der Waals surface area contributed by atoms with Gasteiger partial charge in [0.15, 0.2) is 17.9 Å². The lowest BCUT2D eigenvalue weighted by molar-refractivity contribution is -0.245. The molecular weight excluding hydrogens is 376 g/mol. The summed E-state index contributed by atoms with van der Waals surface area (Å²) in [5, 5.41) is 0. The number of ether oxygens (including phenoxy) is 2. The molecule has 0 spiro atoms. The number of Topliss-reactive ketones (excluding diaryl/α,β-unsaturated/α-hetero) is 2. The van der Waals surface area contributed by atoms with E-state index in [0.29, 0.717) is 17.5 Å². The first-order valence-corrected chi connectivity index (χ1v) is 10.2. The summed E-state index contributed by atoms with van der Waals surface area (Å²) in [6, 6.07) is 28.1. The van der Waals surface area contributed by atoms with Gasteiger partial charge in [-0.05, 0) is 0 Å². The summed E-state index contributed by atoms with van der Waals surface area (Å²) >= 11 is 0. The van der Waals surface area contributed by atoms with Crippen molar-refractivity contribution in [3.8, 4) is 0 Å². The van der Waals surface area contributed by atoms with Crippen molar-refractivity contribution in [2.24, 2.45) is 0 Å². The Morgan fingerprint density at radius 2 is 1.03 bits per heavy atom. The fourth-order valence-corrected chi connectivity index (χ4v) is 3.71. The Kier molecular flexibility index (Phi) is 6.47. The molecule has 0 aromatic heterocycles. The lowest BCUT2D eigenvalue weighted by atomic mass is 9.96. The van der Waals surface area contributed by atoms with Crippen LogP contribution in [0.15, 0.2) is 91.0 Å². The fourth-order valence-electron chi connectivity index (χ4n) is 3.71. The van der Waals surface area contributed by atoms with Crippen LogP contribution in [0.3, 0.4) is 0 Å². The first kappa shape index (κ1) is 20.2. The molecule has 3 atom stereocenters. The highest BCUT2D eigenvalue weighted by Gasteiger charge is 2.33. The Hall–Kier alpha value is -3.08. The quantitative estimate of drug-likeness (QED) is 0.498. The van der Waals surface area contributed by atoms with Crippen LogP contribution in [-0.2, 0) is 9.47 Å². The maximum absolute atomic E-state index is 12.7. The van der Waals surface area contributed by atoms with Crippen molar-refractivity contribution in [1.82, 2.24) is 0 Å². The molecular formula is C26H24O4. The third-order valence-electron chi connectivity index (χ3n) is 5.25. The van der Waals surface area contributed by atoms with Crippen molar-refractivity contribution >= 4 is 11.6 Å². The molecule has 0 bridgehead atoms. The Morgan fingerprint density at radius 3 is 1.47 bits per heavy atom. The largest absolute Gasteiger partial charge is 0.345 e. The van der Waals surface area contributed by atoms with Gasteiger partial charge in [0.05, 0.1) is 12.2 Å². The highest BCUT2D eigenvalue weighted by atomic mass is 16.7. The van der Waals surface area contributed by atoms with Gasteiger partial charge < -0.3 is 9.47 Å². The van der Waals surface area contributed by atoms with Crippen LogP contribution in [-0.4, -0.2) is 23.8 Å². The SMILES string of the molecule is O=C(C[C@@H]1C[C@H](CC(=O)c2ccccc2)OC(c2ccccc2)O1)c1ccccc1. The Bertz CT molecular complexity index is 908. The van der Waals surface area contributed by atoms with Gasteiger partial charge in [-0.1, -0.05) is 91.0 Å². The molecule has 1 aliphatic heterocycles. The van der Waals surface area contributed by atoms with E-state index in [1.807, 2.05) is 91.0 Å². The van der Waals surface area contributed by atoms with Crippen molar-refractivity contribution in [1.29, 1.82) is 0 Å². The minimum atomic E-state index is -0.595. The van der Waals surface area contributed by atoms with Gasteiger partial charge in [0, 0.05) is 36.0 Å². The standard InChI is InChI=1S/C26H24O4/c27-24(19-10-4-1-5-11-19)17-22-16-23(18-25(28)20-12-6-2-7-13-20)30-26(29-22)21-14-8-3-9-15-21/h1-15,22-23,26H,16-18H2/t22-,23+,26?. The van der Waals surface area contributed by atoms with Crippen LogP contribution < -0.4 is 0 Å². The summed E-state index contributed by atoms with van der Waals surface area (Å²) in [4.78, 5) is 25.4.